The number of hydrogen-bond acceptors (Lipinski definition) is 4. The molecule has 0 aliphatic heterocycles. The van der Waals surface area contributed by atoms with E-state index in [1.54, 1.807) is 13.0 Å². The zero-order valence-electron chi connectivity index (χ0n) is 18.8. The lowest BCUT2D eigenvalue weighted by Crippen LogP contribution is -2.32. The van der Waals surface area contributed by atoms with E-state index in [0.29, 0.717) is 11.1 Å². The summed E-state index contributed by atoms with van der Waals surface area (Å²) in [7, 11) is 0. The van der Waals surface area contributed by atoms with Crippen LogP contribution in [0.15, 0.2) is 42.6 Å². The number of carbonyl (C=O) groups excluding carboxylic acids is 1. The van der Waals surface area contributed by atoms with Crippen molar-refractivity contribution in [2.75, 3.05) is 13.2 Å². The zero-order chi connectivity index (χ0) is 23.6. The van der Waals surface area contributed by atoms with Crippen molar-refractivity contribution in [3.63, 3.8) is 0 Å². The second-order valence-electron chi connectivity index (χ2n) is 9.52. The Balaban J connectivity index is 1.24. The molecule has 2 saturated carbocycles. The van der Waals surface area contributed by atoms with Crippen LogP contribution in [0.5, 0.6) is 11.5 Å². The minimum atomic E-state index is -4.40. The highest BCUT2D eigenvalue weighted by atomic mass is 19.4. The van der Waals surface area contributed by atoms with Crippen LogP contribution < -0.4 is 14.8 Å². The Hall–Kier alpha value is -2.77. The normalized spacial score (nSPS) is 22.1. The van der Waals surface area contributed by atoms with Crippen molar-refractivity contribution >= 4 is 5.91 Å². The SMILES string of the molecule is C[C@@H](NC(=O)[C@H]1C[C@@H]1c1ccc(OCC2(C)CCC2)cc1)c1ccc(OCC(F)(F)F)cn1. The number of ether oxygens (including phenoxy) is 2. The molecular formula is C25H29F3N2O3. The van der Waals surface area contributed by atoms with Crippen molar-refractivity contribution in [1.29, 1.82) is 0 Å². The molecule has 0 saturated heterocycles. The van der Waals surface area contributed by atoms with Gasteiger partial charge in [0.15, 0.2) is 6.61 Å². The minimum absolute atomic E-state index is 0.0334. The van der Waals surface area contributed by atoms with E-state index in [1.807, 2.05) is 24.3 Å². The molecule has 0 bridgehead atoms. The number of hydrogen-bond donors (Lipinski definition) is 1. The van der Waals surface area contributed by atoms with Crippen molar-refractivity contribution in [3.8, 4) is 11.5 Å². The Labute approximate surface area is 191 Å². The van der Waals surface area contributed by atoms with E-state index < -0.39 is 12.8 Å². The van der Waals surface area contributed by atoms with E-state index in [1.165, 1.54) is 31.5 Å². The molecule has 0 spiro atoms. The first kappa shape index (κ1) is 23.4. The van der Waals surface area contributed by atoms with Crippen molar-refractivity contribution < 1.29 is 27.4 Å². The number of nitrogens with one attached hydrogen (secondary N) is 1. The van der Waals surface area contributed by atoms with Gasteiger partial charge in [-0.05, 0) is 61.9 Å². The molecule has 0 radical (unpaired) electrons. The summed E-state index contributed by atoms with van der Waals surface area (Å²) in [6, 6.07) is 10.6. The smallest absolute Gasteiger partial charge is 0.422 e. The number of alkyl halides is 3. The maximum absolute atomic E-state index is 12.7. The fraction of sp³-hybridized carbons (Fsp3) is 0.520. The van der Waals surface area contributed by atoms with Crippen LogP contribution in [-0.2, 0) is 4.79 Å². The van der Waals surface area contributed by atoms with Gasteiger partial charge in [-0.2, -0.15) is 13.2 Å². The third-order valence-electron chi connectivity index (χ3n) is 6.55. The maximum atomic E-state index is 12.7. The highest BCUT2D eigenvalue weighted by Gasteiger charge is 2.44. The molecule has 5 nitrogen and oxygen atoms in total. The summed E-state index contributed by atoms with van der Waals surface area (Å²) >= 11 is 0. The third kappa shape index (κ3) is 6.18. The Bertz CT molecular complexity index is 956. The van der Waals surface area contributed by atoms with E-state index in [-0.39, 0.29) is 29.5 Å². The van der Waals surface area contributed by atoms with Gasteiger partial charge in [0.2, 0.25) is 5.91 Å². The number of benzene rings is 1. The maximum Gasteiger partial charge on any atom is 0.422 e. The van der Waals surface area contributed by atoms with Gasteiger partial charge < -0.3 is 14.8 Å². The molecule has 3 atom stereocenters. The molecule has 8 heteroatoms. The first-order valence-electron chi connectivity index (χ1n) is 11.3. The topological polar surface area (TPSA) is 60.5 Å². The summed E-state index contributed by atoms with van der Waals surface area (Å²) in [4.78, 5) is 16.8. The first-order valence-corrected chi connectivity index (χ1v) is 11.3. The number of aromatic nitrogens is 1. The number of amides is 1. The molecule has 1 aromatic heterocycles. The number of carbonyl (C=O) groups is 1. The van der Waals surface area contributed by atoms with Gasteiger partial charge in [0, 0.05) is 11.3 Å². The predicted octanol–water partition coefficient (Wildman–Crippen LogP) is 5.57. The molecule has 1 N–H and O–H groups in total. The molecule has 2 aliphatic rings. The first-order chi connectivity index (χ1) is 15.6. The lowest BCUT2D eigenvalue weighted by atomic mass is 9.71. The van der Waals surface area contributed by atoms with Crippen molar-refractivity contribution in [1.82, 2.24) is 10.3 Å². The lowest BCUT2D eigenvalue weighted by molar-refractivity contribution is -0.153. The largest absolute Gasteiger partial charge is 0.493 e. The molecule has 4 rings (SSSR count). The van der Waals surface area contributed by atoms with Crippen LogP contribution in [0.4, 0.5) is 13.2 Å². The highest BCUT2D eigenvalue weighted by Crippen LogP contribution is 2.48. The van der Waals surface area contributed by atoms with E-state index in [4.69, 9.17) is 4.74 Å². The molecular weight excluding hydrogens is 433 g/mol. The van der Waals surface area contributed by atoms with Crippen LogP contribution >= 0.6 is 0 Å². The van der Waals surface area contributed by atoms with Crippen molar-refractivity contribution in [2.24, 2.45) is 11.3 Å². The predicted molar refractivity (Wildman–Crippen MR) is 117 cm³/mol. The summed E-state index contributed by atoms with van der Waals surface area (Å²) < 4.78 is 47.3. The molecule has 1 amide bonds. The summed E-state index contributed by atoms with van der Waals surface area (Å²) in [5, 5.41) is 2.95. The van der Waals surface area contributed by atoms with Gasteiger partial charge in [0.1, 0.15) is 11.5 Å². The standard InChI is InChI=1S/C25H29F3N2O3/c1-16(22-9-8-19(13-29-22)33-15-25(26,27)28)30-23(31)21-12-20(21)17-4-6-18(7-5-17)32-14-24(2)10-3-11-24/h4-9,13,16,20-21H,3,10-12,14-15H2,1-2H3,(H,30,31)/t16-,20-,21+/m1/s1. The summed E-state index contributed by atoms with van der Waals surface area (Å²) in [5.74, 6) is 0.927. The number of rotatable bonds is 9. The van der Waals surface area contributed by atoms with E-state index in [9.17, 15) is 18.0 Å². The number of pyridine rings is 1. The van der Waals surface area contributed by atoms with Gasteiger partial charge in [-0.25, -0.2) is 0 Å². The van der Waals surface area contributed by atoms with Gasteiger partial charge in [-0.1, -0.05) is 25.5 Å². The summed E-state index contributed by atoms with van der Waals surface area (Å²) in [6.45, 7) is 3.42. The molecule has 2 fully saturated rings. The molecule has 178 valence electrons. The fourth-order valence-corrected chi connectivity index (χ4v) is 4.14. The molecule has 2 aromatic rings. The Kier molecular flexibility index (Phi) is 6.54. The monoisotopic (exact) mass is 462 g/mol. The van der Waals surface area contributed by atoms with Crippen LogP contribution in [0.1, 0.15) is 62.7 Å². The average Bonchev–Trinajstić information content (AvgIpc) is 3.56. The molecule has 33 heavy (non-hydrogen) atoms. The van der Waals surface area contributed by atoms with Gasteiger partial charge in [-0.3, -0.25) is 9.78 Å². The Morgan fingerprint density at radius 2 is 1.85 bits per heavy atom. The Morgan fingerprint density at radius 1 is 1.15 bits per heavy atom. The lowest BCUT2D eigenvalue weighted by Gasteiger charge is -2.37. The molecule has 1 aromatic carbocycles. The molecule has 2 aliphatic carbocycles. The zero-order valence-corrected chi connectivity index (χ0v) is 18.8. The summed E-state index contributed by atoms with van der Waals surface area (Å²) in [6.07, 6.45) is 1.33. The third-order valence-corrected chi connectivity index (χ3v) is 6.55. The molecule has 1 heterocycles. The van der Waals surface area contributed by atoms with Gasteiger partial charge >= 0.3 is 6.18 Å². The quantitative estimate of drug-likeness (QED) is 0.529. The van der Waals surface area contributed by atoms with E-state index >= 15 is 0 Å². The molecule has 0 unspecified atom stereocenters. The van der Waals surface area contributed by atoms with E-state index in [2.05, 4.69) is 22.0 Å². The average molecular weight is 463 g/mol. The van der Waals surface area contributed by atoms with Crippen LogP contribution in [0, 0.1) is 11.3 Å². The highest BCUT2D eigenvalue weighted by molar-refractivity contribution is 5.83. The fourth-order valence-electron chi connectivity index (χ4n) is 4.14. The van der Waals surface area contributed by atoms with Crippen LogP contribution in [0.25, 0.3) is 0 Å². The minimum Gasteiger partial charge on any atom is -0.493 e. The second-order valence-corrected chi connectivity index (χ2v) is 9.52. The Morgan fingerprint density at radius 3 is 2.42 bits per heavy atom. The van der Waals surface area contributed by atoms with Crippen LogP contribution in [0.2, 0.25) is 0 Å². The van der Waals surface area contributed by atoms with Gasteiger partial charge in [0.05, 0.1) is 24.5 Å². The van der Waals surface area contributed by atoms with Gasteiger partial charge in [0.25, 0.3) is 0 Å². The second kappa shape index (κ2) is 9.23. The van der Waals surface area contributed by atoms with E-state index in [0.717, 1.165) is 24.3 Å². The number of nitrogens with zero attached hydrogens (tertiary/aromatic N) is 1. The van der Waals surface area contributed by atoms with Crippen LogP contribution in [-0.4, -0.2) is 30.3 Å². The summed E-state index contributed by atoms with van der Waals surface area (Å²) in [5.41, 5.74) is 1.98. The van der Waals surface area contributed by atoms with Crippen molar-refractivity contribution in [3.05, 3.63) is 53.9 Å². The van der Waals surface area contributed by atoms with Crippen molar-refractivity contribution in [2.45, 2.75) is 57.7 Å². The number of halogens is 3. The van der Waals surface area contributed by atoms with Gasteiger partial charge in [-0.15, -0.1) is 0 Å². The van der Waals surface area contributed by atoms with Crippen LogP contribution in [0.3, 0.4) is 0 Å².